The third-order valence-corrected chi connectivity index (χ3v) is 6.69. The van der Waals surface area contributed by atoms with Gasteiger partial charge in [-0.1, -0.05) is 19.6 Å². The summed E-state index contributed by atoms with van der Waals surface area (Å²) >= 11 is 0. The first-order chi connectivity index (χ1) is 15.4. The molecule has 0 atom stereocenters. The van der Waals surface area contributed by atoms with Crippen molar-refractivity contribution in [2.24, 2.45) is 4.99 Å². The number of hydrogen-bond donors (Lipinski definition) is 2. The minimum atomic E-state index is -1.11. The van der Waals surface area contributed by atoms with E-state index in [9.17, 15) is 0 Å². The SMILES string of the molecule is C[Si](C)(C)CCOCN=C(CC=N)c1ccc(Oc2ccc3c(cnn3CCO)c2)cc1. The van der Waals surface area contributed by atoms with E-state index in [1.807, 2.05) is 42.5 Å². The zero-order valence-electron chi connectivity index (χ0n) is 19.0. The summed E-state index contributed by atoms with van der Waals surface area (Å²) in [5, 5.41) is 21.9. The van der Waals surface area contributed by atoms with E-state index in [0.717, 1.165) is 46.3 Å². The van der Waals surface area contributed by atoms with E-state index in [1.54, 1.807) is 10.9 Å². The summed E-state index contributed by atoms with van der Waals surface area (Å²) in [4.78, 5) is 4.56. The van der Waals surface area contributed by atoms with Crippen LogP contribution in [-0.4, -0.2) is 54.8 Å². The van der Waals surface area contributed by atoms with Gasteiger partial charge in [0.15, 0.2) is 0 Å². The van der Waals surface area contributed by atoms with Crippen molar-refractivity contribution >= 4 is 30.9 Å². The van der Waals surface area contributed by atoms with Crippen LogP contribution in [0.1, 0.15) is 12.0 Å². The highest BCUT2D eigenvalue weighted by Crippen LogP contribution is 2.26. The van der Waals surface area contributed by atoms with Gasteiger partial charge in [0.05, 0.1) is 30.6 Å². The van der Waals surface area contributed by atoms with Crippen LogP contribution >= 0.6 is 0 Å². The van der Waals surface area contributed by atoms with Gasteiger partial charge in [-0.15, -0.1) is 0 Å². The molecule has 8 heteroatoms. The number of aliphatic hydroxyl groups excluding tert-OH is 1. The van der Waals surface area contributed by atoms with Crippen LogP contribution in [0.2, 0.25) is 25.7 Å². The van der Waals surface area contributed by atoms with Crippen molar-refractivity contribution < 1.29 is 14.6 Å². The third kappa shape index (κ3) is 6.85. The number of aliphatic imine (C=N–C) groups is 1. The lowest BCUT2D eigenvalue weighted by molar-refractivity contribution is 0.155. The van der Waals surface area contributed by atoms with E-state index in [1.165, 1.54) is 6.21 Å². The number of aromatic nitrogens is 2. The fraction of sp³-hybridized carbons (Fsp3) is 0.375. The number of aliphatic hydroxyl groups is 1. The fourth-order valence-electron chi connectivity index (χ4n) is 3.19. The van der Waals surface area contributed by atoms with Gasteiger partial charge >= 0.3 is 0 Å². The Labute approximate surface area is 190 Å². The van der Waals surface area contributed by atoms with Crippen LogP contribution in [-0.2, 0) is 11.3 Å². The van der Waals surface area contributed by atoms with Crippen LogP contribution in [0.15, 0.2) is 53.7 Å². The lowest BCUT2D eigenvalue weighted by Gasteiger charge is -2.14. The van der Waals surface area contributed by atoms with Gasteiger partial charge in [0.25, 0.3) is 0 Å². The first-order valence-electron chi connectivity index (χ1n) is 10.8. The molecule has 1 aromatic heterocycles. The van der Waals surface area contributed by atoms with Crippen molar-refractivity contribution in [1.29, 1.82) is 5.41 Å². The lowest BCUT2D eigenvalue weighted by Crippen LogP contribution is -2.21. The molecular formula is C24H32N4O3Si. The molecule has 0 radical (unpaired) electrons. The second-order valence-corrected chi connectivity index (χ2v) is 14.4. The van der Waals surface area contributed by atoms with Crippen LogP contribution < -0.4 is 4.74 Å². The minimum absolute atomic E-state index is 0.0508. The molecule has 0 aliphatic heterocycles. The van der Waals surface area contributed by atoms with Gasteiger partial charge in [0.2, 0.25) is 0 Å². The van der Waals surface area contributed by atoms with Crippen LogP contribution in [0.5, 0.6) is 11.5 Å². The molecule has 2 N–H and O–H groups in total. The second kappa shape index (κ2) is 11.2. The first-order valence-corrected chi connectivity index (χ1v) is 14.5. The molecule has 3 aromatic rings. The zero-order chi connectivity index (χ0) is 23.0. The van der Waals surface area contributed by atoms with Crippen molar-refractivity contribution in [3.63, 3.8) is 0 Å². The van der Waals surface area contributed by atoms with E-state index in [2.05, 4.69) is 29.7 Å². The van der Waals surface area contributed by atoms with Crippen LogP contribution in [0.25, 0.3) is 10.9 Å². The van der Waals surface area contributed by atoms with Crippen LogP contribution in [0.4, 0.5) is 0 Å². The summed E-state index contributed by atoms with van der Waals surface area (Å²) in [5.74, 6) is 1.44. The highest BCUT2D eigenvalue weighted by molar-refractivity contribution is 6.76. The zero-order valence-corrected chi connectivity index (χ0v) is 20.0. The quantitative estimate of drug-likeness (QED) is 0.231. The highest BCUT2D eigenvalue weighted by atomic mass is 28.3. The van der Waals surface area contributed by atoms with Gasteiger partial charge in [0, 0.05) is 32.7 Å². The molecule has 0 aliphatic carbocycles. The van der Waals surface area contributed by atoms with Crippen molar-refractivity contribution in [1.82, 2.24) is 9.78 Å². The Kier molecular flexibility index (Phi) is 8.32. The molecule has 0 unspecified atom stereocenters. The van der Waals surface area contributed by atoms with Gasteiger partial charge < -0.3 is 20.0 Å². The summed E-state index contributed by atoms with van der Waals surface area (Å²) in [7, 11) is -1.11. The Morgan fingerprint density at radius 1 is 1.16 bits per heavy atom. The minimum Gasteiger partial charge on any atom is -0.457 e. The summed E-state index contributed by atoms with van der Waals surface area (Å²) in [6, 6.07) is 14.6. The number of nitrogens with one attached hydrogen (secondary N) is 1. The molecule has 7 nitrogen and oxygen atoms in total. The molecule has 0 saturated heterocycles. The van der Waals surface area contributed by atoms with E-state index < -0.39 is 8.07 Å². The number of hydrogen-bond acceptors (Lipinski definition) is 6. The molecule has 0 aliphatic rings. The van der Waals surface area contributed by atoms with E-state index in [-0.39, 0.29) is 6.61 Å². The second-order valence-electron chi connectivity index (χ2n) is 8.80. The Bertz CT molecular complexity index is 1060. The molecule has 32 heavy (non-hydrogen) atoms. The lowest BCUT2D eigenvalue weighted by atomic mass is 10.1. The molecule has 0 fully saturated rings. The molecule has 0 bridgehead atoms. The van der Waals surface area contributed by atoms with Crippen molar-refractivity contribution in [3.8, 4) is 11.5 Å². The number of nitrogens with zero attached hydrogens (tertiary/aromatic N) is 3. The predicted octanol–water partition coefficient (Wildman–Crippen LogP) is 4.96. The first kappa shape index (κ1) is 23.8. The van der Waals surface area contributed by atoms with Crippen molar-refractivity contribution in [2.75, 3.05) is 19.9 Å². The van der Waals surface area contributed by atoms with E-state index >= 15 is 0 Å². The maximum atomic E-state index is 9.13. The van der Waals surface area contributed by atoms with Crippen molar-refractivity contribution in [2.45, 2.75) is 38.7 Å². The smallest absolute Gasteiger partial charge is 0.137 e. The standard InChI is InChI=1S/C24H32N4O3Si/c1-32(2,3)15-14-30-18-26-23(10-11-25)19-4-6-21(7-5-19)31-22-8-9-24-20(16-22)17-27-28(24)12-13-29/h4-9,11,16-17,25,29H,10,12-15,18H2,1-3H3. The molecule has 0 amide bonds. The van der Waals surface area contributed by atoms with E-state index in [0.29, 0.717) is 19.7 Å². The Morgan fingerprint density at radius 3 is 2.59 bits per heavy atom. The average Bonchev–Trinajstić information content (AvgIpc) is 3.15. The summed E-state index contributed by atoms with van der Waals surface area (Å²) < 4.78 is 13.5. The van der Waals surface area contributed by atoms with E-state index in [4.69, 9.17) is 20.0 Å². The maximum Gasteiger partial charge on any atom is 0.137 e. The molecule has 2 aromatic carbocycles. The number of rotatable bonds is 12. The van der Waals surface area contributed by atoms with Crippen LogP contribution in [0, 0.1) is 5.41 Å². The van der Waals surface area contributed by atoms with Crippen LogP contribution in [0.3, 0.4) is 0 Å². The predicted molar refractivity (Wildman–Crippen MR) is 132 cm³/mol. The monoisotopic (exact) mass is 452 g/mol. The molecule has 3 rings (SSSR count). The summed E-state index contributed by atoms with van der Waals surface area (Å²) in [5.41, 5.74) is 2.74. The number of ether oxygens (including phenoxy) is 2. The van der Waals surface area contributed by atoms with Crippen molar-refractivity contribution in [3.05, 3.63) is 54.2 Å². The average molecular weight is 453 g/mol. The molecule has 1 heterocycles. The molecule has 170 valence electrons. The maximum absolute atomic E-state index is 9.13. The molecule has 0 saturated carbocycles. The molecular weight excluding hydrogens is 420 g/mol. The van der Waals surface area contributed by atoms with Gasteiger partial charge in [-0.25, -0.2) is 0 Å². The normalized spacial score (nSPS) is 12.3. The Balaban J connectivity index is 1.64. The van der Waals surface area contributed by atoms with Gasteiger partial charge in [-0.05, 0) is 54.1 Å². The highest BCUT2D eigenvalue weighted by Gasteiger charge is 2.12. The molecule has 0 spiro atoms. The number of fused-ring (bicyclic) bond motifs is 1. The number of benzene rings is 2. The van der Waals surface area contributed by atoms with Gasteiger partial charge in [-0.2, -0.15) is 5.10 Å². The third-order valence-electron chi connectivity index (χ3n) is 4.99. The fourth-order valence-corrected chi connectivity index (χ4v) is 3.95. The topological polar surface area (TPSA) is 92.7 Å². The Hall–Kier alpha value is -2.81. The largest absolute Gasteiger partial charge is 0.457 e. The van der Waals surface area contributed by atoms with Gasteiger partial charge in [-0.3, -0.25) is 9.67 Å². The summed E-state index contributed by atoms with van der Waals surface area (Å²) in [6.45, 7) is 8.54. The van der Waals surface area contributed by atoms with Gasteiger partial charge in [0.1, 0.15) is 18.2 Å². The summed E-state index contributed by atoms with van der Waals surface area (Å²) in [6.07, 6.45) is 3.59. The Morgan fingerprint density at radius 2 is 1.91 bits per heavy atom.